The second kappa shape index (κ2) is 10.2. The summed E-state index contributed by atoms with van der Waals surface area (Å²) < 4.78 is 6.98. The minimum Gasteiger partial charge on any atom is -0.378 e. The lowest BCUT2D eigenvalue weighted by atomic mass is 10.1. The highest BCUT2D eigenvalue weighted by atomic mass is 16.5. The molecule has 9 heteroatoms. The number of carbonyl (C=O) groups is 2. The van der Waals surface area contributed by atoms with Crippen LogP contribution >= 0.6 is 0 Å². The van der Waals surface area contributed by atoms with Crippen molar-refractivity contribution in [1.29, 1.82) is 0 Å². The number of hydrogen-bond donors (Lipinski definition) is 2. The monoisotopic (exact) mass is 468 g/mol. The Kier molecular flexibility index (Phi) is 6.49. The van der Waals surface area contributed by atoms with E-state index in [0.29, 0.717) is 28.3 Å². The molecule has 1 saturated heterocycles. The summed E-state index contributed by atoms with van der Waals surface area (Å²) in [5, 5.41) is 10.1. The number of nitrogens with one attached hydrogen (secondary N) is 2. The van der Waals surface area contributed by atoms with Crippen LogP contribution in [-0.4, -0.2) is 52.9 Å². The van der Waals surface area contributed by atoms with E-state index in [0.717, 1.165) is 32.0 Å². The highest BCUT2D eigenvalue weighted by Gasteiger charge is 2.14. The molecular formula is C26H24N6O3. The SMILES string of the molecule is O=C(Nc1ccc(N2CCOCC2)cc1)c1cccc(-n2nccc2NC(=O)c2ccncc2)c1. The van der Waals surface area contributed by atoms with Crippen molar-refractivity contribution in [1.82, 2.24) is 14.8 Å². The topological polar surface area (TPSA) is 101 Å². The average molecular weight is 469 g/mol. The summed E-state index contributed by atoms with van der Waals surface area (Å²) >= 11 is 0. The summed E-state index contributed by atoms with van der Waals surface area (Å²) in [5.74, 6) is -0.0212. The molecule has 0 aliphatic carbocycles. The first-order chi connectivity index (χ1) is 17.2. The van der Waals surface area contributed by atoms with Gasteiger partial charge in [0.1, 0.15) is 5.82 Å². The van der Waals surface area contributed by atoms with Crippen LogP contribution in [0.3, 0.4) is 0 Å². The van der Waals surface area contributed by atoms with Crippen molar-refractivity contribution in [3.63, 3.8) is 0 Å². The van der Waals surface area contributed by atoms with E-state index in [-0.39, 0.29) is 11.8 Å². The van der Waals surface area contributed by atoms with E-state index in [1.54, 1.807) is 59.7 Å². The van der Waals surface area contributed by atoms with Crippen LogP contribution in [0.5, 0.6) is 0 Å². The van der Waals surface area contributed by atoms with Crippen molar-refractivity contribution in [2.45, 2.75) is 0 Å². The van der Waals surface area contributed by atoms with Gasteiger partial charge < -0.3 is 20.3 Å². The van der Waals surface area contributed by atoms with Gasteiger partial charge in [-0.3, -0.25) is 14.6 Å². The molecule has 0 atom stereocenters. The maximum Gasteiger partial charge on any atom is 0.256 e. The second-order valence-electron chi connectivity index (χ2n) is 7.97. The molecule has 0 radical (unpaired) electrons. The molecule has 176 valence electrons. The Morgan fingerprint density at radius 1 is 0.771 bits per heavy atom. The van der Waals surface area contributed by atoms with E-state index in [9.17, 15) is 9.59 Å². The normalized spacial score (nSPS) is 13.3. The number of rotatable bonds is 6. The third-order valence-corrected chi connectivity index (χ3v) is 5.68. The van der Waals surface area contributed by atoms with Gasteiger partial charge in [-0.25, -0.2) is 4.68 Å². The predicted octanol–water partition coefficient (Wildman–Crippen LogP) is 3.61. The van der Waals surface area contributed by atoms with Crippen LogP contribution in [0.2, 0.25) is 0 Å². The average Bonchev–Trinajstić information content (AvgIpc) is 3.38. The molecule has 1 aliphatic heterocycles. The second-order valence-corrected chi connectivity index (χ2v) is 7.97. The first-order valence-electron chi connectivity index (χ1n) is 11.3. The molecule has 1 fully saturated rings. The van der Waals surface area contributed by atoms with E-state index < -0.39 is 0 Å². The van der Waals surface area contributed by atoms with Crippen LogP contribution < -0.4 is 15.5 Å². The Morgan fingerprint density at radius 3 is 2.29 bits per heavy atom. The summed E-state index contributed by atoms with van der Waals surface area (Å²) in [6.45, 7) is 3.16. The van der Waals surface area contributed by atoms with Crippen molar-refractivity contribution in [3.05, 3.63) is 96.4 Å². The van der Waals surface area contributed by atoms with Gasteiger partial charge in [-0.15, -0.1) is 0 Å². The predicted molar refractivity (Wildman–Crippen MR) is 133 cm³/mol. The lowest BCUT2D eigenvalue weighted by Gasteiger charge is -2.28. The van der Waals surface area contributed by atoms with Crippen LogP contribution in [0, 0.1) is 0 Å². The molecular weight excluding hydrogens is 444 g/mol. The van der Waals surface area contributed by atoms with Gasteiger partial charge >= 0.3 is 0 Å². The number of carbonyl (C=O) groups excluding carboxylic acids is 2. The molecule has 0 saturated carbocycles. The van der Waals surface area contributed by atoms with Crippen LogP contribution in [0.1, 0.15) is 20.7 Å². The molecule has 9 nitrogen and oxygen atoms in total. The van der Waals surface area contributed by atoms with Crippen molar-refractivity contribution in [2.24, 2.45) is 0 Å². The largest absolute Gasteiger partial charge is 0.378 e. The molecule has 0 spiro atoms. The third kappa shape index (κ3) is 5.20. The quantitative estimate of drug-likeness (QED) is 0.448. The minimum absolute atomic E-state index is 0.236. The molecule has 5 rings (SSSR count). The summed E-state index contributed by atoms with van der Waals surface area (Å²) in [6.07, 6.45) is 4.71. The minimum atomic E-state index is -0.274. The number of pyridine rings is 1. The zero-order valence-electron chi connectivity index (χ0n) is 18.9. The molecule has 35 heavy (non-hydrogen) atoms. The van der Waals surface area contributed by atoms with Crippen LogP contribution in [0.25, 0.3) is 5.69 Å². The molecule has 2 aromatic heterocycles. The van der Waals surface area contributed by atoms with E-state index in [2.05, 4.69) is 25.6 Å². The maximum atomic E-state index is 12.9. The zero-order valence-corrected chi connectivity index (χ0v) is 18.9. The Balaban J connectivity index is 1.28. The standard InChI is InChI=1S/C26H24N6O3/c33-25(19-8-11-27-12-9-19)30-24-10-13-28-32(24)23-3-1-2-20(18-23)26(34)29-21-4-6-22(7-5-21)31-14-16-35-17-15-31/h1-13,18H,14-17H2,(H,29,34)(H,30,33). The summed E-state index contributed by atoms with van der Waals surface area (Å²) in [5.41, 5.74) is 3.42. The number of ether oxygens (including phenoxy) is 1. The zero-order chi connectivity index (χ0) is 24.0. The molecule has 2 amide bonds. The van der Waals surface area contributed by atoms with Gasteiger partial charge in [-0.2, -0.15) is 5.10 Å². The van der Waals surface area contributed by atoms with Gasteiger partial charge in [0.05, 0.1) is 25.1 Å². The van der Waals surface area contributed by atoms with Crippen molar-refractivity contribution in [2.75, 3.05) is 41.8 Å². The molecule has 0 bridgehead atoms. The number of benzene rings is 2. The lowest BCUT2D eigenvalue weighted by Crippen LogP contribution is -2.36. The molecule has 4 aromatic rings. The van der Waals surface area contributed by atoms with E-state index in [1.165, 1.54) is 0 Å². The molecule has 0 unspecified atom stereocenters. The Labute approximate surface area is 202 Å². The van der Waals surface area contributed by atoms with Crippen molar-refractivity contribution < 1.29 is 14.3 Å². The fraction of sp³-hybridized carbons (Fsp3) is 0.154. The van der Waals surface area contributed by atoms with Crippen LogP contribution in [-0.2, 0) is 4.74 Å². The Bertz CT molecular complexity index is 1310. The number of nitrogens with zero attached hydrogens (tertiary/aromatic N) is 4. The fourth-order valence-electron chi connectivity index (χ4n) is 3.85. The highest BCUT2D eigenvalue weighted by molar-refractivity contribution is 6.05. The summed E-state index contributed by atoms with van der Waals surface area (Å²) in [4.78, 5) is 31.7. The van der Waals surface area contributed by atoms with E-state index >= 15 is 0 Å². The third-order valence-electron chi connectivity index (χ3n) is 5.68. The number of morpholine rings is 1. The smallest absolute Gasteiger partial charge is 0.256 e. The van der Waals surface area contributed by atoms with E-state index in [4.69, 9.17) is 4.74 Å². The molecule has 3 heterocycles. The van der Waals surface area contributed by atoms with E-state index in [1.807, 2.05) is 30.3 Å². The number of hydrogen-bond acceptors (Lipinski definition) is 6. The Hall–Kier alpha value is -4.50. The van der Waals surface area contributed by atoms with Gasteiger partial charge in [-0.1, -0.05) is 6.07 Å². The van der Waals surface area contributed by atoms with Gasteiger partial charge in [0.2, 0.25) is 0 Å². The molecule has 2 aromatic carbocycles. The maximum absolute atomic E-state index is 12.9. The molecule has 1 aliphatic rings. The van der Waals surface area contributed by atoms with Crippen LogP contribution in [0.4, 0.5) is 17.2 Å². The first kappa shape index (κ1) is 22.3. The summed E-state index contributed by atoms with van der Waals surface area (Å²) in [7, 11) is 0. The van der Waals surface area contributed by atoms with Crippen molar-refractivity contribution >= 4 is 29.0 Å². The fourth-order valence-corrected chi connectivity index (χ4v) is 3.85. The summed E-state index contributed by atoms with van der Waals surface area (Å²) in [6, 6.07) is 19.8. The lowest BCUT2D eigenvalue weighted by molar-refractivity contribution is 0.101. The number of anilines is 3. The van der Waals surface area contributed by atoms with Crippen LogP contribution in [0.15, 0.2) is 85.3 Å². The highest BCUT2D eigenvalue weighted by Crippen LogP contribution is 2.21. The Morgan fingerprint density at radius 2 is 1.51 bits per heavy atom. The van der Waals surface area contributed by atoms with Gasteiger partial charge in [0.15, 0.2) is 0 Å². The van der Waals surface area contributed by atoms with Gasteiger partial charge in [-0.05, 0) is 54.6 Å². The van der Waals surface area contributed by atoms with Gasteiger partial charge in [0.25, 0.3) is 11.8 Å². The number of aromatic nitrogens is 3. The van der Waals surface area contributed by atoms with Crippen molar-refractivity contribution in [3.8, 4) is 5.69 Å². The first-order valence-corrected chi connectivity index (χ1v) is 11.3. The molecule has 2 N–H and O–H groups in total. The number of amides is 2. The van der Waals surface area contributed by atoms with Gasteiger partial charge in [0, 0.05) is 54.1 Å².